The zero-order valence-corrected chi connectivity index (χ0v) is 14.2. The van der Waals surface area contributed by atoms with Crippen molar-refractivity contribution in [3.63, 3.8) is 0 Å². The van der Waals surface area contributed by atoms with Gasteiger partial charge in [-0.2, -0.15) is 0 Å². The van der Waals surface area contributed by atoms with E-state index < -0.39 is 0 Å². The summed E-state index contributed by atoms with van der Waals surface area (Å²) < 4.78 is 4.39. The summed E-state index contributed by atoms with van der Waals surface area (Å²) in [5.41, 5.74) is 8.71. The molecule has 4 aromatic rings. The number of rotatable bonds is 0. The molecule has 0 aliphatic carbocycles. The van der Waals surface area contributed by atoms with Gasteiger partial charge in [0.2, 0.25) is 0 Å². The van der Waals surface area contributed by atoms with Crippen LogP contribution in [0.2, 0.25) is 0 Å². The van der Waals surface area contributed by atoms with Gasteiger partial charge in [-0.25, -0.2) is 4.98 Å². The molecule has 4 heteroatoms. The average Bonchev–Trinajstić information content (AvgIpc) is 3.35. The molecule has 0 spiro atoms. The van der Waals surface area contributed by atoms with E-state index in [9.17, 15) is 0 Å². The predicted molar refractivity (Wildman–Crippen MR) is 104 cm³/mol. The molecule has 1 N–H and O–H groups in total. The molecule has 0 fully saturated rings. The van der Waals surface area contributed by atoms with Crippen LogP contribution >= 0.6 is 0 Å². The van der Waals surface area contributed by atoms with Crippen LogP contribution in [0.1, 0.15) is 11.4 Å². The second-order valence-electron chi connectivity index (χ2n) is 6.50. The number of H-pyrrole nitrogens is 1. The van der Waals surface area contributed by atoms with Gasteiger partial charge in [0.1, 0.15) is 0 Å². The summed E-state index contributed by atoms with van der Waals surface area (Å²) in [7, 11) is 4.18. The quantitative estimate of drug-likeness (QED) is 0.439. The van der Waals surface area contributed by atoms with Crippen LogP contribution in [0, 0.1) is 0 Å². The molecule has 0 aromatic carbocycles. The predicted octanol–water partition coefficient (Wildman–Crippen LogP) is 4.72. The van der Waals surface area contributed by atoms with Crippen LogP contribution in [0.4, 0.5) is 0 Å². The van der Waals surface area contributed by atoms with Gasteiger partial charge in [-0.1, -0.05) is 0 Å². The molecule has 0 atom stereocenters. The van der Waals surface area contributed by atoms with E-state index in [0.717, 1.165) is 39.0 Å². The summed E-state index contributed by atoms with van der Waals surface area (Å²) >= 11 is 0. The van der Waals surface area contributed by atoms with Gasteiger partial charge in [0.15, 0.2) is 0 Å². The summed E-state index contributed by atoms with van der Waals surface area (Å²) in [6.45, 7) is 0. The third kappa shape index (κ3) is 2.26. The highest BCUT2D eigenvalue weighted by atomic mass is 15.0. The Morgan fingerprint density at radius 3 is 2.24 bits per heavy atom. The highest BCUT2D eigenvalue weighted by Gasteiger charge is 2.05. The van der Waals surface area contributed by atoms with Crippen LogP contribution in [0.15, 0.2) is 54.6 Å². The van der Waals surface area contributed by atoms with Gasteiger partial charge in [0.05, 0.1) is 16.9 Å². The molecular formula is C21H18N4. The van der Waals surface area contributed by atoms with Crippen LogP contribution in [0.25, 0.3) is 45.3 Å². The number of nitrogens with zero attached hydrogens (tertiary/aromatic N) is 3. The number of aromatic amines is 1. The van der Waals surface area contributed by atoms with Crippen LogP contribution in [-0.4, -0.2) is 19.1 Å². The lowest BCUT2D eigenvalue weighted by Crippen LogP contribution is -1.89. The lowest BCUT2D eigenvalue weighted by molar-refractivity contribution is 0.995. The van der Waals surface area contributed by atoms with E-state index in [1.54, 1.807) is 0 Å². The molecule has 122 valence electrons. The first kappa shape index (κ1) is 14.1. The molecule has 0 saturated carbocycles. The zero-order valence-electron chi connectivity index (χ0n) is 14.2. The number of aromatic nitrogens is 4. The fourth-order valence-corrected chi connectivity index (χ4v) is 3.43. The fourth-order valence-electron chi connectivity index (χ4n) is 3.43. The van der Waals surface area contributed by atoms with Gasteiger partial charge >= 0.3 is 0 Å². The number of fused-ring (bicyclic) bond motifs is 9. The number of nitrogens with one attached hydrogen (secondary N) is 1. The van der Waals surface area contributed by atoms with E-state index in [1.807, 2.05) is 0 Å². The third-order valence-corrected chi connectivity index (χ3v) is 4.92. The van der Waals surface area contributed by atoms with Crippen molar-refractivity contribution in [3.05, 3.63) is 66.0 Å². The van der Waals surface area contributed by atoms with E-state index in [0.29, 0.717) is 0 Å². The van der Waals surface area contributed by atoms with Crippen LogP contribution in [0.5, 0.6) is 0 Å². The smallest absolute Gasteiger partial charge is 0.0874 e. The number of hydrogen-bond acceptors (Lipinski definition) is 1. The molecule has 25 heavy (non-hydrogen) atoms. The maximum Gasteiger partial charge on any atom is 0.0874 e. The summed E-state index contributed by atoms with van der Waals surface area (Å²) in [6.07, 6.45) is 4.14. The molecule has 1 aliphatic rings. The standard InChI is InChI=1S/C21H18N4/c1-24-17-6-7-18(24)13-19-8-10-21(25(19)2)20-9-5-15(23-20)11-14-3-4-16(12-17)22-14/h3-13,22H,1-2H3. The van der Waals surface area contributed by atoms with Gasteiger partial charge in [-0.3, -0.25) is 0 Å². The van der Waals surface area contributed by atoms with Crippen molar-refractivity contribution in [1.82, 2.24) is 19.1 Å². The Morgan fingerprint density at radius 2 is 1.40 bits per heavy atom. The average molecular weight is 326 g/mol. The number of hydrogen-bond donors (Lipinski definition) is 1. The largest absolute Gasteiger partial charge is 0.355 e. The Labute approximate surface area is 145 Å². The van der Waals surface area contributed by atoms with E-state index in [1.165, 1.54) is 5.52 Å². The van der Waals surface area contributed by atoms with Gasteiger partial charge < -0.3 is 14.1 Å². The Morgan fingerprint density at radius 1 is 0.720 bits per heavy atom. The van der Waals surface area contributed by atoms with Gasteiger partial charge in [0.25, 0.3) is 0 Å². The number of aryl methyl sites for hydroxylation is 2. The SMILES string of the molecule is Cn1c2ccc1cc1ccc(c3nc(cc4ccc(c2)[nH]4)C=C3)n1C. The highest BCUT2D eigenvalue weighted by molar-refractivity contribution is 5.82. The Balaban J connectivity index is 1.98. The highest BCUT2D eigenvalue weighted by Crippen LogP contribution is 2.21. The van der Waals surface area contributed by atoms with Crippen molar-refractivity contribution < 1.29 is 0 Å². The Bertz CT molecular complexity index is 1260. The first-order valence-corrected chi connectivity index (χ1v) is 8.36. The topological polar surface area (TPSA) is 38.5 Å². The second-order valence-corrected chi connectivity index (χ2v) is 6.50. The zero-order chi connectivity index (χ0) is 17.0. The van der Waals surface area contributed by atoms with E-state index in [2.05, 4.69) is 95.0 Å². The van der Waals surface area contributed by atoms with Crippen molar-refractivity contribution in [2.45, 2.75) is 0 Å². The first-order chi connectivity index (χ1) is 12.2. The lowest BCUT2D eigenvalue weighted by atomic mass is 10.3. The molecule has 1 aliphatic heterocycles. The van der Waals surface area contributed by atoms with Crippen molar-refractivity contribution in [2.75, 3.05) is 0 Å². The van der Waals surface area contributed by atoms with E-state index in [-0.39, 0.29) is 0 Å². The molecule has 5 heterocycles. The van der Waals surface area contributed by atoms with E-state index >= 15 is 0 Å². The molecule has 0 radical (unpaired) electrons. The van der Waals surface area contributed by atoms with Gasteiger partial charge in [-0.15, -0.1) is 0 Å². The molecular weight excluding hydrogens is 308 g/mol. The summed E-state index contributed by atoms with van der Waals surface area (Å²) in [5, 5.41) is 0. The lowest BCUT2D eigenvalue weighted by Gasteiger charge is -1.98. The summed E-state index contributed by atoms with van der Waals surface area (Å²) in [4.78, 5) is 8.21. The van der Waals surface area contributed by atoms with Gasteiger partial charge in [-0.05, 0) is 66.7 Å². The summed E-state index contributed by atoms with van der Waals surface area (Å²) in [6, 6.07) is 19.2. The van der Waals surface area contributed by atoms with Crippen LogP contribution < -0.4 is 0 Å². The van der Waals surface area contributed by atoms with Crippen molar-refractivity contribution >= 4 is 45.3 Å². The fraction of sp³-hybridized carbons (Fsp3) is 0.0952. The second kappa shape index (κ2) is 5.11. The molecule has 0 saturated heterocycles. The molecule has 4 aromatic heterocycles. The first-order valence-electron chi connectivity index (χ1n) is 8.36. The summed E-state index contributed by atoms with van der Waals surface area (Å²) in [5.74, 6) is 0. The Hall–Kier alpha value is -3.27. The maximum atomic E-state index is 4.77. The molecule has 5 rings (SSSR count). The minimum atomic E-state index is 0.963. The third-order valence-electron chi connectivity index (χ3n) is 4.92. The molecule has 4 nitrogen and oxygen atoms in total. The van der Waals surface area contributed by atoms with Crippen LogP contribution in [-0.2, 0) is 14.1 Å². The molecule has 0 unspecified atom stereocenters. The molecule has 8 bridgehead atoms. The van der Waals surface area contributed by atoms with Crippen molar-refractivity contribution in [3.8, 4) is 0 Å². The monoisotopic (exact) mass is 326 g/mol. The van der Waals surface area contributed by atoms with Gasteiger partial charge in [0, 0.05) is 41.7 Å². The minimum absolute atomic E-state index is 0.963. The molecule has 0 amide bonds. The minimum Gasteiger partial charge on any atom is -0.355 e. The van der Waals surface area contributed by atoms with Crippen LogP contribution in [0.3, 0.4) is 0 Å². The normalized spacial score (nSPS) is 12.2. The van der Waals surface area contributed by atoms with Crippen molar-refractivity contribution in [1.29, 1.82) is 0 Å². The van der Waals surface area contributed by atoms with Crippen molar-refractivity contribution in [2.24, 2.45) is 14.1 Å². The Kier molecular flexibility index (Phi) is 2.88. The maximum absolute atomic E-state index is 4.77. The van der Waals surface area contributed by atoms with E-state index in [4.69, 9.17) is 4.98 Å².